The molecule has 0 N–H and O–H groups in total. The number of carbonyl (C=O) groups excluding carboxylic acids is 1. The van der Waals surface area contributed by atoms with Gasteiger partial charge < -0.3 is 19.1 Å². The van der Waals surface area contributed by atoms with Gasteiger partial charge in [-0.15, -0.1) is 0 Å². The Kier molecular flexibility index (Phi) is 3.66. The summed E-state index contributed by atoms with van der Waals surface area (Å²) in [7, 11) is 0. The molecule has 1 aliphatic heterocycles. The number of para-hydroxylation sites is 1. The molecular formula is C18H12N2O5. The lowest BCUT2D eigenvalue weighted by Crippen LogP contribution is -2.38. The largest absolute Gasteiger partial charge is 0.539 e. The van der Waals surface area contributed by atoms with Crippen molar-refractivity contribution in [1.29, 1.82) is 0 Å². The maximum Gasteiger partial charge on any atom is 0.310 e. The van der Waals surface area contributed by atoms with E-state index >= 15 is 0 Å². The standard InChI is InChI=1S/C18H12N2O5/c21-14(8-6-12-7-9-15-16(10-12)24-11-23-15)17-18(22)25-19-20(17)13-4-2-1-3-5-13/h1-10H,11H2/b8-6+. The van der Waals surface area contributed by atoms with Gasteiger partial charge in [0.25, 0.3) is 5.78 Å². The van der Waals surface area contributed by atoms with E-state index in [2.05, 4.69) is 9.79 Å². The Bertz CT molecular complexity index is 963. The van der Waals surface area contributed by atoms with Crippen LogP contribution in [-0.2, 0) is 0 Å². The number of benzene rings is 2. The molecule has 2 heterocycles. The molecule has 7 nitrogen and oxygen atoms in total. The fraction of sp³-hybridized carbons (Fsp3) is 0.0556. The summed E-state index contributed by atoms with van der Waals surface area (Å²) in [5.74, 6) is -0.0216. The molecule has 2 aromatic carbocycles. The highest BCUT2D eigenvalue weighted by Crippen LogP contribution is 2.32. The first-order valence-electron chi connectivity index (χ1n) is 7.49. The van der Waals surface area contributed by atoms with Gasteiger partial charge in [-0.25, -0.2) is 0 Å². The zero-order valence-corrected chi connectivity index (χ0v) is 12.9. The normalized spacial score (nSPS) is 12.6. The summed E-state index contributed by atoms with van der Waals surface area (Å²) < 4.78 is 16.4. The second-order valence-electron chi connectivity index (χ2n) is 5.27. The fourth-order valence-corrected chi connectivity index (χ4v) is 2.47. The number of fused-ring (bicyclic) bond motifs is 1. The van der Waals surface area contributed by atoms with Crippen molar-refractivity contribution in [3.05, 3.63) is 65.9 Å². The molecule has 0 unspecified atom stereocenters. The molecule has 1 aromatic heterocycles. The van der Waals surface area contributed by atoms with E-state index in [1.165, 1.54) is 10.8 Å². The van der Waals surface area contributed by atoms with Gasteiger partial charge in [-0.2, -0.15) is 0 Å². The van der Waals surface area contributed by atoms with Gasteiger partial charge in [-0.3, -0.25) is 4.79 Å². The van der Waals surface area contributed by atoms with Gasteiger partial charge >= 0.3 is 5.69 Å². The van der Waals surface area contributed by atoms with E-state index < -0.39 is 11.7 Å². The number of rotatable bonds is 4. The number of hydrogen-bond acceptors (Lipinski definition) is 6. The molecule has 4 rings (SSSR count). The quantitative estimate of drug-likeness (QED) is 0.409. The maximum atomic E-state index is 12.5. The molecule has 0 fully saturated rings. The highest BCUT2D eigenvalue weighted by molar-refractivity contribution is 6.05. The Balaban J connectivity index is 1.63. The summed E-state index contributed by atoms with van der Waals surface area (Å²) in [6, 6.07) is 14.1. The van der Waals surface area contributed by atoms with Crippen LogP contribution in [0.1, 0.15) is 16.1 Å². The molecule has 7 heteroatoms. The Morgan fingerprint density at radius 3 is 2.76 bits per heavy atom. The van der Waals surface area contributed by atoms with E-state index in [9.17, 15) is 9.90 Å². The van der Waals surface area contributed by atoms with Gasteiger partial charge in [-0.1, -0.05) is 30.3 Å². The van der Waals surface area contributed by atoms with E-state index in [1.807, 2.05) is 6.07 Å². The van der Waals surface area contributed by atoms with Crippen LogP contribution in [0.15, 0.2) is 59.1 Å². The average Bonchev–Trinajstić information content (AvgIpc) is 3.26. The van der Waals surface area contributed by atoms with E-state index in [0.717, 1.165) is 5.56 Å². The predicted octanol–water partition coefficient (Wildman–Crippen LogP) is 1.65. The minimum absolute atomic E-state index is 0.164. The summed E-state index contributed by atoms with van der Waals surface area (Å²) in [5.41, 5.74) is 1.14. The van der Waals surface area contributed by atoms with Crippen LogP contribution < -0.4 is 19.3 Å². The molecule has 0 saturated heterocycles. The highest BCUT2D eigenvalue weighted by Gasteiger charge is 2.25. The Hall–Kier alpha value is -3.61. The molecule has 0 spiro atoms. The Morgan fingerprint density at radius 1 is 1.12 bits per heavy atom. The highest BCUT2D eigenvalue weighted by atomic mass is 16.7. The zero-order valence-electron chi connectivity index (χ0n) is 12.9. The van der Waals surface area contributed by atoms with Crippen molar-refractivity contribution >= 4 is 11.9 Å². The van der Waals surface area contributed by atoms with Crippen molar-refractivity contribution < 1.29 is 28.6 Å². The van der Waals surface area contributed by atoms with Crippen molar-refractivity contribution in [2.75, 3.05) is 6.79 Å². The lowest BCUT2D eigenvalue weighted by atomic mass is 10.1. The van der Waals surface area contributed by atoms with Crippen LogP contribution in [0.4, 0.5) is 0 Å². The topological polar surface area (TPSA) is 88.5 Å². The second-order valence-corrected chi connectivity index (χ2v) is 5.27. The van der Waals surface area contributed by atoms with Gasteiger partial charge in [-0.05, 0) is 28.5 Å². The van der Waals surface area contributed by atoms with E-state index in [-0.39, 0.29) is 12.5 Å². The third kappa shape index (κ3) is 2.83. The number of ketones is 1. The minimum atomic E-state index is -0.788. The van der Waals surface area contributed by atoms with Crippen LogP contribution in [0, 0.1) is 0 Å². The number of carbonyl (C=O) groups is 1. The van der Waals surface area contributed by atoms with Gasteiger partial charge in [0.15, 0.2) is 17.4 Å². The van der Waals surface area contributed by atoms with Crippen LogP contribution in [-0.4, -0.2) is 17.8 Å². The summed E-state index contributed by atoms with van der Waals surface area (Å²) in [6.07, 6.45) is 2.89. The fourth-order valence-electron chi connectivity index (χ4n) is 2.47. The van der Waals surface area contributed by atoms with Crippen molar-refractivity contribution in [2.24, 2.45) is 0 Å². The molecule has 3 aromatic rings. The first kappa shape index (κ1) is 14.9. The summed E-state index contributed by atoms with van der Waals surface area (Å²) >= 11 is 0. The van der Waals surface area contributed by atoms with Crippen molar-refractivity contribution in [3.63, 3.8) is 0 Å². The summed E-state index contributed by atoms with van der Waals surface area (Å²) in [5, 5.41) is 15.5. The second kappa shape index (κ2) is 6.12. The summed E-state index contributed by atoms with van der Waals surface area (Å²) in [6.45, 7) is 0.179. The van der Waals surface area contributed by atoms with Gasteiger partial charge in [0.05, 0.1) is 5.27 Å². The monoisotopic (exact) mass is 336 g/mol. The number of nitrogens with zero attached hydrogens (tertiary/aromatic N) is 2. The van der Waals surface area contributed by atoms with Crippen LogP contribution in [0.25, 0.3) is 11.8 Å². The van der Waals surface area contributed by atoms with Crippen LogP contribution in [0.3, 0.4) is 0 Å². The first-order valence-corrected chi connectivity index (χ1v) is 7.49. The van der Waals surface area contributed by atoms with Crippen molar-refractivity contribution in [2.45, 2.75) is 0 Å². The molecule has 124 valence electrons. The number of hydrogen-bond donors (Lipinski definition) is 0. The molecule has 0 atom stereocenters. The third-order valence-corrected chi connectivity index (χ3v) is 3.67. The molecule has 0 saturated carbocycles. The van der Waals surface area contributed by atoms with Crippen LogP contribution in [0.5, 0.6) is 17.4 Å². The first-order chi connectivity index (χ1) is 12.2. The summed E-state index contributed by atoms with van der Waals surface area (Å²) in [4.78, 5) is 12.5. The van der Waals surface area contributed by atoms with Crippen LogP contribution >= 0.6 is 0 Å². The number of aromatic nitrogens is 2. The Labute approximate surface area is 142 Å². The van der Waals surface area contributed by atoms with Gasteiger partial charge in [0.1, 0.15) is 0 Å². The number of allylic oxidation sites excluding steroid dienone is 1. The molecule has 25 heavy (non-hydrogen) atoms. The average molecular weight is 336 g/mol. The molecular weight excluding hydrogens is 324 g/mol. The molecule has 0 bridgehead atoms. The lowest BCUT2D eigenvalue weighted by Gasteiger charge is -1.97. The minimum Gasteiger partial charge on any atom is -0.539 e. The maximum absolute atomic E-state index is 12.5. The molecule has 1 aliphatic rings. The van der Waals surface area contributed by atoms with E-state index in [4.69, 9.17) is 9.47 Å². The zero-order chi connectivity index (χ0) is 17.2. The van der Waals surface area contributed by atoms with Crippen molar-refractivity contribution in [1.82, 2.24) is 5.27 Å². The number of ether oxygens (including phenoxy) is 2. The van der Waals surface area contributed by atoms with E-state index in [0.29, 0.717) is 17.2 Å². The van der Waals surface area contributed by atoms with Crippen LogP contribution in [0.2, 0.25) is 0 Å². The van der Waals surface area contributed by atoms with Crippen molar-refractivity contribution in [3.8, 4) is 23.1 Å². The SMILES string of the molecule is O=C(/C=C/c1ccc2c(c1)OCO2)c1c([O-])on[n+]1-c1ccccc1. The lowest BCUT2D eigenvalue weighted by molar-refractivity contribution is -0.672. The third-order valence-electron chi connectivity index (χ3n) is 3.67. The predicted molar refractivity (Wildman–Crippen MR) is 83.4 cm³/mol. The van der Waals surface area contributed by atoms with E-state index in [1.54, 1.807) is 48.5 Å². The molecule has 0 radical (unpaired) electrons. The van der Waals surface area contributed by atoms with Gasteiger partial charge in [0, 0.05) is 12.1 Å². The Morgan fingerprint density at radius 2 is 1.92 bits per heavy atom. The molecule has 0 aliphatic carbocycles. The molecule has 0 amide bonds. The smallest absolute Gasteiger partial charge is 0.310 e. The van der Waals surface area contributed by atoms with Gasteiger partial charge in [0.2, 0.25) is 12.5 Å².